The molecule has 1 aliphatic rings. The van der Waals surface area contributed by atoms with E-state index >= 15 is 0 Å². The molecule has 6 nitrogen and oxygen atoms in total. The van der Waals surface area contributed by atoms with Crippen molar-refractivity contribution < 1.29 is 17.9 Å². The summed E-state index contributed by atoms with van der Waals surface area (Å²) < 4.78 is 30.6. The lowest BCUT2D eigenvalue weighted by Gasteiger charge is -2.15. The standard InChI is InChI=1S/C14H18N2O4S/c1-9-4-6-11(7-5-9)21(18,19)12-8-13(20-3)16-14(17)15-10(12)2/h4-7,13H,8H2,1-3H3,(H2,15,16,17). The molecule has 2 N–H and O–H groups in total. The molecule has 1 atom stereocenters. The van der Waals surface area contributed by atoms with Crippen LogP contribution in [0.25, 0.3) is 0 Å². The minimum Gasteiger partial charge on any atom is -0.361 e. The van der Waals surface area contributed by atoms with Gasteiger partial charge in [-0.2, -0.15) is 0 Å². The number of rotatable bonds is 3. The number of hydrogen-bond donors (Lipinski definition) is 2. The molecule has 0 radical (unpaired) electrons. The van der Waals surface area contributed by atoms with E-state index in [-0.39, 0.29) is 16.2 Å². The number of nitrogens with one attached hydrogen (secondary N) is 2. The van der Waals surface area contributed by atoms with Crippen molar-refractivity contribution in [2.45, 2.75) is 31.4 Å². The van der Waals surface area contributed by atoms with Gasteiger partial charge in [0.1, 0.15) is 6.23 Å². The van der Waals surface area contributed by atoms with Gasteiger partial charge in [0.25, 0.3) is 0 Å². The van der Waals surface area contributed by atoms with Gasteiger partial charge in [0.2, 0.25) is 9.84 Å². The number of urea groups is 1. The van der Waals surface area contributed by atoms with Crippen LogP contribution in [-0.4, -0.2) is 27.8 Å². The summed E-state index contributed by atoms with van der Waals surface area (Å²) in [7, 11) is -2.25. The molecule has 1 unspecified atom stereocenters. The van der Waals surface area contributed by atoms with E-state index in [0.29, 0.717) is 5.70 Å². The molecule has 0 bridgehead atoms. The van der Waals surface area contributed by atoms with E-state index in [0.717, 1.165) is 5.56 Å². The van der Waals surface area contributed by atoms with Gasteiger partial charge in [-0.25, -0.2) is 13.2 Å². The maximum Gasteiger partial charge on any atom is 0.321 e. The van der Waals surface area contributed by atoms with Gasteiger partial charge < -0.3 is 15.4 Å². The Morgan fingerprint density at radius 3 is 2.38 bits per heavy atom. The highest BCUT2D eigenvalue weighted by atomic mass is 32.2. The van der Waals surface area contributed by atoms with Crippen LogP contribution in [0.4, 0.5) is 4.79 Å². The lowest BCUT2D eigenvalue weighted by molar-refractivity contribution is 0.0848. The largest absolute Gasteiger partial charge is 0.361 e. The monoisotopic (exact) mass is 310 g/mol. The first kappa shape index (κ1) is 15.5. The molecular formula is C14H18N2O4S. The Kier molecular flexibility index (Phi) is 4.34. The molecule has 0 aliphatic carbocycles. The molecule has 1 aromatic carbocycles. The second kappa shape index (κ2) is 5.87. The van der Waals surface area contributed by atoms with Crippen LogP contribution in [0.15, 0.2) is 39.8 Å². The van der Waals surface area contributed by atoms with Gasteiger partial charge in [-0.15, -0.1) is 0 Å². The van der Waals surface area contributed by atoms with Gasteiger partial charge in [-0.1, -0.05) is 17.7 Å². The second-order valence-electron chi connectivity index (χ2n) is 4.89. The Hall–Kier alpha value is -1.86. The number of allylic oxidation sites excluding steroid dienone is 1. The van der Waals surface area contributed by atoms with Crippen molar-refractivity contribution in [1.82, 2.24) is 10.6 Å². The van der Waals surface area contributed by atoms with Crippen LogP contribution < -0.4 is 10.6 Å². The summed E-state index contributed by atoms with van der Waals surface area (Å²) >= 11 is 0. The fraction of sp³-hybridized carbons (Fsp3) is 0.357. The van der Waals surface area contributed by atoms with E-state index < -0.39 is 22.1 Å². The molecular weight excluding hydrogens is 292 g/mol. The zero-order valence-corrected chi connectivity index (χ0v) is 13.0. The van der Waals surface area contributed by atoms with Crippen molar-refractivity contribution in [3.05, 3.63) is 40.4 Å². The van der Waals surface area contributed by atoms with Crippen molar-refractivity contribution in [2.75, 3.05) is 7.11 Å². The zero-order chi connectivity index (χ0) is 15.6. The topological polar surface area (TPSA) is 84.5 Å². The average Bonchev–Trinajstić information content (AvgIpc) is 2.57. The van der Waals surface area contributed by atoms with Crippen molar-refractivity contribution in [1.29, 1.82) is 0 Å². The fourth-order valence-corrected chi connectivity index (χ4v) is 3.71. The summed E-state index contributed by atoms with van der Waals surface area (Å²) in [6.45, 7) is 3.45. The Balaban J connectivity index is 2.48. The first-order valence-corrected chi connectivity index (χ1v) is 7.94. The number of sulfone groups is 1. The molecule has 0 aromatic heterocycles. The Morgan fingerprint density at radius 1 is 1.19 bits per heavy atom. The summed E-state index contributed by atoms with van der Waals surface area (Å²) in [6.07, 6.45) is -0.602. The van der Waals surface area contributed by atoms with Gasteiger partial charge in [0.15, 0.2) is 0 Å². The molecule has 21 heavy (non-hydrogen) atoms. The number of hydrogen-bond acceptors (Lipinski definition) is 4. The third-order valence-corrected chi connectivity index (χ3v) is 5.34. The Labute approximate surface area is 124 Å². The predicted octanol–water partition coefficient (Wildman–Crippen LogP) is 1.68. The molecule has 0 saturated carbocycles. The molecule has 0 fully saturated rings. The van der Waals surface area contributed by atoms with Crippen LogP contribution >= 0.6 is 0 Å². The minimum absolute atomic E-state index is 0.0806. The van der Waals surface area contributed by atoms with Crippen molar-refractivity contribution in [3.8, 4) is 0 Å². The molecule has 0 spiro atoms. The number of carbonyl (C=O) groups is 1. The summed E-state index contributed by atoms with van der Waals surface area (Å²) in [6, 6.07) is 6.13. The molecule has 1 aromatic rings. The average molecular weight is 310 g/mol. The zero-order valence-electron chi connectivity index (χ0n) is 12.1. The Morgan fingerprint density at radius 2 is 1.81 bits per heavy atom. The number of amides is 2. The summed E-state index contributed by atoms with van der Waals surface area (Å²) in [5.74, 6) is 0. The minimum atomic E-state index is -3.67. The lowest BCUT2D eigenvalue weighted by atomic mass is 10.2. The molecule has 2 amide bonds. The van der Waals surface area contributed by atoms with E-state index in [1.165, 1.54) is 7.11 Å². The van der Waals surface area contributed by atoms with Crippen LogP contribution in [0.1, 0.15) is 18.9 Å². The quantitative estimate of drug-likeness (QED) is 0.889. The SMILES string of the molecule is COC1CC(S(=O)(=O)c2ccc(C)cc2)=C(C)NC(=O)N1. The number of aryl methyl sites for hydroxylation is 1. The predicted molar refractivity (Wildman–Crippen MR) is 78.1 cm³/mol. The van der Waals surface area contributed by atoms with Gasteiger partial charge in [0, 0.05) is 19.2 Å². The second-order valence-corrected chi connectivity index (χ2v) is 6.86. The molecule has 114 valence electrons. The van der Waals surface area contributed by atoms with E-state index in [2.05, 4.69) is 10.6 Å². The Bertz CT molecular complexity index is 677. The van der Waals surface area contributed by atoms with E-state index in [1.54, 1.807) is 31.2 Å². The molecule has 0 saturated heterocycles. The molecule has 1 heterocycles. The van der Waals surface area contributed by atoms with Crippen LogP contribution in [0, 0.1) is 6.92 Å². The molecule has 1 aliphatic heterocycles. The third kappa shape index (κ3) is 3.25. The maximum absolute atomic E-state index is 12.7. The molecule has 2 rings (SSSR count). The highest BCUT2D eigenvalue weighted by Crippen LogP contribution is 2.26. The number of methoxy groups -OCH3 is 1. The van der Waals surface area contributed by atoms with Crippen molar-refractivity contribution in [2.24, 2.45) is 0 Å². The van der Waals surface area contributed by atoms with Crippen LogP contribution in [-0.2, 0) is 14.6 Å². The van der Waals surface area contributed by atoms with Crippen LogP contribution in [0.3, 0.4) is 0 Å². The van der Waals surface area contributed by atoms with Gasteiger partial charge in [0.05, 0.1) is 9.80 Å². The fourth-order valence-electron chi connectivity index (χ4n) is 2.11. The number of ether oxygens (including phenoxy) is 1. The van der Waals surface area contributed by atoms with E-state index in [4.69, 9.17) is 4.74 Å². The van der Waals surface area contributed by atoms with Gasteiger partial charge >= 0.3 is 6.03 Å². The first-order chi connectivity index (χ1) is 9.84. The normalized spacial score (nSPS) is 19.8. The maximum atomic E-state index is 12.7. The number of benzene rings is 1. The lowest BCUT2D eigenvalue weighted by Crippen LogP contribution is -2.39. The van der Waals surface area contributed by atoms with E-state index in [1.807, 2.05) is 6.92 Å². The summed E-state index contributed by atoms with van der Waals surface area (Å²) in [4.78, 5) is 11.9. The highest BCUT2D eigenvalue weighted by molar-refractivity contribution is 7.95. The van der Waals surface area contributed by atoms with Gasteiger partial charge in [-0.05, 0) is 26.0 Å². The van der Waals surface area contributed by atoms with E-state index in [9.17, 15) is 13.2 Å². The third-order valence-electron chi connectivity index (χ3n) is 3.32. The highest BCUT2D eigenvalue weighted by Gasteiger charge is 2.29. The van der Waals surface area contributed by atoms with Crippen LogP contribution in [0.2, 0.25) is 0 Å². The van der Waals surface area contributed by atoms with Crippen molar-refractivity contribution >= 4 is 15.9 Å². The van der Waals surface area contributed by atoms with Gasteiger partial charge in [-0.3, -0.25) is 0 Å². The number of carbonyl (C=O) groups excluding carboxylic acids is 1. The summed E-state index contributed by atoms with van der Waals surface area (Å²) in [5, 5.41) is 5.06. The van der Waals surface area contributed by atoms with Crippen LogP contribution in [0.5, 0.6) is 0 Å². The molecule has 7 heteroatoms. The van der Waals surface area contributed by atoms with Crippen molar-refractivity contribution in [3.63, 3.8) is 0 Å². The summed E-state index contributed by atoms with van der Waals surface area (Å²) in [5.41, 5.74) is 1.29. The smallest absolute Gasteiger partial charge is 0.321 e. The first-order valence-electron chi connectivity index (χ1n) is 6.46.